The lowest BCUT2D eigenvalue weighted by Gasteiger charge is -2.28. The minimum absolute atomic E-state index is 0.0477. The molecular formula is C27H26BrClN2O3. The second-order valence-electron chi connectivity index (χ2n) is 8.72. The summed E-state index contributed by atoms with van der Waals surface area (Å²) in [6.07, 6.45) is 2.77. The van der Waals surface area contributed by atoms with Crippen molar-refractivity contribution in [1.29, 1.82) is 0 Å². The molecule has 0 aromatic heterocycles. The lowest BCUT2D eigenvalue weighted by molar-refractivity contribution is 0.103. The van der Waals surface area contributed by atoms with Crippen LogP contribution in [0.1, 0.15) is 52.7 Å². The van der Waals surface area contributed by atoms with Crippen LogP contribution in [0.3, 0.4) is 0 Å². The van der Waals surface area contributed by atoms with Crippen molar-refractivity contribution in [3.8, 4) is 0 Å². The molecule has 1 fully saturated rings. The third kappa shape index (κ3) is 5.13. The lowest BCUT2D eigenvalue weighted by Crippen LogP contribution is -2.38. The number of ketones is 1. The molecule has 176 valence electrons. The Morgan fingerprint density at radius 3 is 2.41 bits per heavy atom. The number of aryl methyl sites for hydroxylation is 2. The molecule has 0 radical (unpaired) electrons. The summed E-state index contributed by atoms with van der Waals surface area (Å²) in [7, 11) is 0. The fourth-order valence-electron chi connectivity index (χ4n) is 4.49. The van der Waals surface area contributed by atoms with E-state index >= 15 is 0 Å². The van der Waals surface area contributed by atoms with Gasteiger partial charge in [-0.2, -0.15) is 0 Å². The number of carbonyl (C=O) groups excluding carboxylic acids is 1. The lowest BCUT2D eigenvalue weighted by atomic mass is 9.97. The van der Waals surface area contributed by atoms with Gasteiger partial charge in [-0.25, -0.2) is 4.79 Å². The highest BCUT2D eigenvalue weighted by Crippen LogP contribution is 2.37. The summed E-state index contributed by atoms with van der Waals surface area (Å²) in [4.78, 5) is 26.8. The molecule has 34 heavy (non-hydrogen) atoms. The Morgan fingerprint density at radius 2 is 1.74 bits per heavy atom. The first-order valence-corrected chi connectivity index (χ1v) is 12.4. The van der Waals surface area contributed by atoms with E-state index in [4.69, 9.17) is 11.6 Å². The molecule has 0 saturated heterocycles. The van der Waals surface area contributed by atoms with Gasteiger partial charge < -0.3 is 10.4 Å². The summed E-state index contributed by atoms with van der Waals surface area (Å²) in [5, 5.41) is 13.6. The van der Waals surface area contributed by atoms with E-state index in [1.165, 1.54) is 4.90 Å². The molecule has 1 amide bonds. The second-order valence-corrected chi connectivity index (χ2v) is 10.0. The molecule has 1 aliphatic rings. The predicted octanol–water partition coefficient (Wildman–Crippen LogP) is 8.12. The van der Waals surface area contributed by atoms with Crippen molar-refractivity contribution >= 4 is 56.5 Å². The van der Waals surface area contributed by atoms with Crippen LogP contribution in [0, 0.1) is 13.8 Å². The van der Waals surface area contributed by atoms with Crippen molar-refractivity contribution in [2.24, 2.45) is 0 Å². The minimum Gasteiger partial charge on any atom is -0.465 e. The number of carboxylic acid groups (broad SMARTS) is 1. The van der Waals surface area contributed by atoms with Crippen LogP contribution >= 0.6 is 27.5 Å². The monoisotopic (exact) mass is 540 g/mol. The van der Waals surface area contributed by atoms with Gasteiger partial charge in [0, 0.05) is 27.3 Å². The van der Waals surface area contributed by atoms with Gasteiger partial charge in [0.2, 0.25) is 0 Å². The Hall–Kier alpha value is -2.83. The number of hydrogen-bond acceptors (Lipinski definition) is 3. The first kappa shape index (κ1) is 24.3. The number of amides is 1. The second kappa shape index (κ2) is 10.2. The molecular weight excluding hydrogens is 516 g/mol. The number of benzene rings is 3. The van der Waals surface area contributed by atoms with Gasteiger partial charge in [0.1, 0.15) is 0 Å². The number of hydrogen-bond donors (Lipinski definition) is 2. The van der Waals surface area contributed by atoms with E-state index in [9.17, 15) is 14.7 Å². The van der Waals surface area contributed by atoms with Crippen LogP contribution in [-0.2, 0) is 0 Å². The van der Waals surface area contributed by atoms with Gasteiger partial charge in [0.15, 0.2) is 5.78 Å². The van der Waals surface area contributed by atoms with Crippen LogP contribution in [0.5, 0.6) is 0 Å². The van der Waals surface area contributed by atoms with Crippen LogP contribution in [-0.4, -0.2) is 23.0 Å². The fourth-order valence-corrected chi connectivity index (χ4v) is 5.10. The summed E-state index contributed by atoms with van der Waals surface area (Å²) in [5.41, 5.74) is 4.87. The third-order valence-corrected chi connectivity index (χ3v) is 7.05. The third-order valence-electron chi connectivity index (χ3n) is 6.25. The Kier molecular flexibility index (Phi) is 7.29. The molecule has 7 heteroatoms. The van der Waals surface area contributed by atoms with E-state index < -0.39 is 6.09 Å². The first-order chi connectivity index (χ1) is 16.2. The molecule has 0 heterocycles. The van der Waals surface area contributed by atoms with Crippen molar-refractivity contribution in [3.05, 3.63) is 86.3 Å². The number of nitrogens with zero attached hydrogens (tertiary/aromatic N) is 1. The SMILES string of the molecule is Cc1ccc(C)c(C(=O)c2ccc(Nc3ccc(Br)cc3N(C(=O)O)C3CCCC3)cc2Cl)c1. The Bertz CT molecular complexity index is 1250. The zero-order valence-electron chi connectivity index (χ0n) is 19.1. The maximum absolute atomic E-state index is 13.1. The highest BCUT2D eigenvalue weighted by Gasteiger charge is 2.29. The molecule has 0 atom stereocenters. The molecule has 2 N–H and O–H groups in total. The van der Waals surface area contributed by atoms with Crippen molar-refractivity contribution in [1.82, 2.24) is 0 Å². The van der Waals surface area contributed by atoms with Crippen LogP contribution in [0.4, 0.5) is 21.9 Å². The first-order valence-electron chi connectivity index (χ1n) is 11.2. The van der Waals surface area contributed by atoms with Crippen molar-refractivity contribution in [2.75, 3.05) is 10.2 Å². The normalized spacial score (nSPS) is 13.6. The maximum Gasteiger partial charge on any atom is 0.412 e. The number of carbonyl (C=O) groups is 2. The van der Waals surface area contributed by atoms with Crippen molar-refractivity contribution < 1.29 is 14.7 Å². The Balaban J connectivity index is 1.65. The molecule has 4 rings (SSSR count). The van der Waals surface area contributed by atoms with Gasteiger partial charge in [-0.05, 0) is 74.7 Å². The summed E-state index contributed by atoms with van der Waals surface area (Å²) < 4.78 is 0.796. The van der Waals surface area contributed by atoms with E-state index in [1.54, 1.807) is 18.2 Å². The Morgan fingerprint density at radius 1 is 1.00 bits per heavy atom. The highest BCUT2D eigenvalue weighted by atomic mass is 79.9. The van der Waals surface area contributed by atoms with Gasteiger partial charge in [-0.3, -0.25) is 9.69 Å². The van der Waals surface area contributed by atoms with Gasteiger partial charge in [-0.15, -0.1) is 0 Å². The van der Waals surface area contributed by atoms with E-state index in [0.29, 0.717) is 33.2 Å². The summed E-state index contributed by atoms with van der Waals surface area (Å²) >= 11 is 10.0. The molecule has 0 spiro atoms. The van der Waals surface area contributed by atoms with Gasteiger partial charge >= 0.3 is 6.09 Å². The van der Waals surface area contributed by atoms with Gasteiger partial charge in [0.25, 0.3) is 0 Å². The maximum atomic E-state index is 13.1. The molecule has 5 nitrogen and oxygen atoms in total. The number of rotatable bonds is 6. The topological polar surface area (TPSA) is 69.6 Å². The number of anilines is 3. The minimum atomic E-state index is -0.972. The van der Waals surface area contributed by atoms with Crippen molar-refractivity contribution in [3.63, 3.8) is 0 Å². The summed E-state index contributed by atoms with van der Waals surface area (Å²) in [5.74, 6) is -0.125. The molecule has 1 aliphatic carbocycles. The van der Waals surface area contributed by atoms with Crippen LogP contribution in [0.15, 0.2) is 59.1 Å². The van der Waals surface area contributed by atoms with Gasteiger partial charge in [-0.1, -0.05) is 58.1 Å². The van der Waals surface area contributed by atoms with E-state index in [0.717, 1.165) is 41.3 Å². The van der Waals surface area contributed by atoms with Crippen LogP contribution < -0.4 is 10.2 Å². The standard InChI is InChI=1S/C27H26BrClN2O3/c1-16-7-8-17(2)22(13-16)26(32)21-11-10-19(15-23(21)29)30-24-12-9-18(28)14-25(24)31(27(33)34)20-5-3-4-6-20/h7-15,20,30H,3-6H2,1-2H3,(H,33,34). The van der Waals surface area contributed by atoms with Gasteiger partial charge in [0.05, 0.1) is 16.4 Å². The van der Waals surface area contributed by atoms with Crippen LogP contribution in [0.2, 0.25) is 5.02 Å². The molecule has 0 bridgehead atoms. The number of nitrogens with one attached hydrogen (secondary N) is 1. The molecule has 0 unspecified atom stereocenters. The molecule has 3 aromatic rings. The smallest absolute Gasteiger partial charge is 0.412 e. The predicted molar refractivity (Wildman–Crippen MR) is 141 cm³/mol. The molecule has 1 saturated carbocycles. The quantitative estimate of drug-likeness (QED) is 0.309. The largest absolute Gasteiger partial charge is 0.465 e. The van der Waals surface area contributed by atoms with E-state index in [1.807, 2.05) is 50.2 Å². The van der Waals surface area contributed by atoms with Crippen molar-refractivity contribution in [2.45, 2.75) is 45.6 Å². The average molecular weight is 542 g/mol. The molecule has 3 aromatic carbocycles. The highest BCUT2D eigenvalue weighted by molar-refractivity contribution is 9.10. The summed E-state index contributed by atoms with van der Waals surface area (Å²) in [6.45, 7) is 3.86. The zero-order valence-corrected chi connectivity index (χ0v) is 21.4. The fraction of sp³-hybridized carbons (Fsp3) is 0.259. The van der Waals surface area contributed by atoms with E-state index in [-0.39, 0.29) is 11.8 Å². The summed E-state index contributed by atoms with van der Waals surface area (Å²) in [6, 6.07) is 16.4. The van der Waals surface area contributed by atoms with Crippen LogP contribution in [0.25, 0.3) is 0 Å². The zero-order chi connectivity index (χ0) is 24.4. The average Bonchev–Trinajstić information content (AvgIpc) is 3.31. The van der Waals surface area contributed by atoms with E-state index in [2.05, 4.69) is 21.2 Å². The Labute approximate surface area is 212 Å². The molecule has 0 aliphatic heterocycles. The number of halogens is 2.